The van der Waals surface area contributed by atoms with Crippen molar-refractivity contribution < 1.29 is 0 Å². The van der Waals surface area contributed by atoms with Crippen molar-refractivity contribution in [1.82, 2.24) is 40.0 Å². The molecule has 2 fully saturated rings. The largest absolute Gasteiger partial charge is 0.383 e. The Morgan fingerprint density at radius 2 is 1.05 bits per heavy atom. The second-order valence-corrected chi connectivity index (χ2v) is 27.2. The number of thiophene rings is 2. The van der Waals surface area contributed by atoms with Gasteiger partial charge >= 0.3 is 0 Å². The molecule has 0 aliphatic heterocycles. The highest BCUT2D eigenvalue weighted by Crippen LogP contribution is 2.43. The summed E-state index contributed by atoms with van der Waals surface area (Å²) in [6.45, 7) is 14.5. The molecular formula is C61H66IN13S2. The minimum atomic E-state index is 0.0223. The molecule has 2 atom stereocenters. The maximum absolute atomic E-state index is 10.1. The van der Waals surface area contributed by atoms with Crippen LogP contribution in [0.5, 0.6) is 0 Å². The number of benzene rings is 2. The van der Waals surface area contributed by atoms with Gasteiger partial charge in [-0.25, -0.2) is 9.36 Å². The van der Waals surface area contributed by atoms with Crippen LogP contribution in [0.25, 0.3) is 21.8 Å². The van der Waals surface area contributed by atoms with Crippen LogP contribution in [-0.2, 0) is 38.5 Å². The third-order valence-corrected chi connectivity index (χ3v) is 18.4. The van der Waals surface area contributed by atoms with Crippen LogP contribution in [0.2, 0.25) is 0 Å². The zero-order chi connectivity index (χ0) is 53.6. The average molecular weight is 1170 g/mol. The number of hydrogen-bond donors (Lipinski definition) is 2. The van der Waals surface area contributed by atoms with Crippen molar-refractivity contribution in [2.75, 3.05) is 23.7 Å². The minimum absolute atomic E-state index is 0.0223. The molecule has 2 saturated carbocycles. The van der Waals surface area contributed by atoms with E-state index < -0.39 is 0 Å². The van der Waals surface area contributed by atoms with E-state index in [1.807, 2.05) is 33.4 Å². The smallest absolute Gasteiger partial charge is 0.103 e. The molecule has 2 aromatic carbocycles. The number of nitrogens with one attached hydrogen (secondary N) is 2. The summed E-state index contributed by atoms with van der Waals surface area (Å²) in [6, 6.07) is 16.6. The van der Waals surface area contributed by atoms with Crippen LogP contribution in [0, 0.1) is 48.4 Å². The lowest BCUT2D eigenvalue weighted by Crippen LogP contribution is -2.20. The van der Waals surface area contributed by atoms with Gasteiger partial charge in [0.25, 0.3) is 0 Å². The maximum atomic E-state index is 10.1. The third kappa shape index (κ3) is 11.6. The Labute approximate surface area is 473 Å². The Hall–Kier alpha value is -6.26. The molecule has 0 unspecified atom stereocenters. The normalized spacial score (nSPS) is 16.1. The second kappa shape index (κ2) is 21.9. The number of rotatable bonds is 14. The van der Waals surface area contributed by atoms with Crippen LogP contribution in [0.4, 0.5) is 11.4 Å². The molecule has 77 heavy (non-hydrogen) atoms. The predicted molar refractivity (Wildman–Crippen MR) is 316 cm³/mol. The molecule has 0 radical (unpaired) electrons. The van der Waals surface area contributed by atoms with Gasteiger partial charge in [0.05, 0.1) is 62.6 Å². The fraction of sp³-hybridized carbons (Fsp3) is 0.459. The van der Waals surface area contributed by atoms with E-state index in [1.165, 1.54) is 72.1 Å². The Balaban J connectivity index is 0.000000164. The fourth-order valence-corrected chi connectivity index (χ4v) is 14.3. The average Bonchev–Trinajstić information content (AvgIpc) is 4.23. The van der Waals surface area contributed by atoms with Crippen LogP contribution in [-0.4, -0.2) is 53.0 Å². The molecule has 0 bridgehead atoms. The van der Waals surface area contributed by atoms with Gasteiger partial charge in [0.2, 0.25) is 0 Å². The number of nitriles is 3. The van der Waals surface area contributed by atoms with Crippen molar-refractivity contribution in [1.29, 1.82) is 15.8 Å². The van der Waals surface area contributed by atoms with Gasteiger partial charge in [-0.05, 0) is 192 Å². The molecule has 6 aromatic heterocycles. The lowest BCUT2D eigenvalue weighted by molar-refractivity contribution is 0.443. The summed E-state index contributed by atoms with van der Waals surface area (Å²) >= 11 is 6.19. The molecule has 394 valence electrons. The number of aromatic nitrogens is 8. The van der Waals surface area contributed by atoms with Crippen LogP contribution < -0.4 is 10.6 Å². The first-order valence-electron chi connectivity index (χ1n) is 27.4. The summed E-state index contributed by atoms with van der Waals surface area (Å²) in [6.07, 6.45) is 23.5. The standard InChI is InChI=1S/C31H33N7S.C30H33IN6S/c1-31(2,3)18-35-30-21(14-33)15-34-29-20(13-32)10-19(12-25(29)30)11-24(27-16-38(37-36-27)22-8-9-22)26-17-39-28-7-5-4-6-23(26)28;1-30(2,3)17-34-28-19(13-32)14-33-29-23(28)11-18(12-25(29)31)10-22(26-15-37(36-35-26)20-8-9-20)24-16-38-27-7-5-4-6-21(24)27/h10,12,15-17,22,24H,4-9,11,18H2,1-3H3,(H,34,35);11-12,14-16,20,22H,4-10,17H2,1-3H3,(H,33,34)/t24-;22-/m00/s1. The fourth-order valence-electron chi connectivity index (χ4n) is 11.0. The number of anilines is 2. The second-order valence-electron chi connectivity index (χ2n) is 24.1. The number of nitrogens with zero attached hydrogens (tertiary/aromatic N) is 11. The van der Waals surface area contributed by atoms with E-state index in [0.717, 1.165) is 93.3 Å². The molecule has 0 saturated heterocycles. The zero-order valence-corrected chi connectivity index (χ0v) is 48.8. The van der Waals surface area contributed by atoms with Gasteiger partial charge in [-0.3, -0.25) is 9.97 Å². The van der Waals surface area contributed by atoms with Crippen molar-refractivity contribution in [3.05, 3.63) is 135 Å². The summed E-state index contributed by atoms with van der Waals surface area (Å²) in [7, 11) is 0. The van der Waals surface area contributed by atoms with Crippen LogP contribution >= 0.6 is 45.3 Å². The molecule has 0 spiro atoms. The number of aryl methyl sites for hydroxylation is 2. The molecule has 4 aliphatic carbocycles. The van der Waals surface area contributed by atoms with Crippen molar-refractivity contribution in [2.45, 2.75) is 155 Å². The van der Waals surface area contributed by atoms with Gasteiger partial charge in [0.1, 0.15) is 18.2 Å². The Kier molecular flexibility index (Phi) is 15.0. The Morgan fingerprint density at radius 1 is 0.610 bits per heavy atom. The first-order valence-corrected chi connectivity index (χ1v) is 30.3. The quantitative estimate of drug-likeness (QED) is 0.0988. The summed E-state index contributed by atoms with van der Waals surface area (Å²) in [5, 5.41) is 61.9. The molecule has 13 nitrogen and oxygen atoms in total. The van der Waals surface area contributed by atoms with E-state index in [2.05, 4.69) is 165 Å². The number of fused-ring (bicyclic) bond motifs is 4. The number of pyridine rings is 2. The molecule has 4 aliphatic rings. The molecule has 6 heterocycles. The number of hydrogen-bond acceptors (Lipinski definition) is 13. The molecule has 2 N–H and O–H groups in total. The zero-order valence-electron chi connectivity index (χ0n) is 45.0. The molecule has 0 amide bonds. The first kappa shape index (κ1) is 52.8. The highest BCUT2D eigenvalue weighted by Gasteiger charge is 2.32. The first-order chi connectivity index (χ1) is 37.1. The number of halogens is 1. The monoisotopic (exact) mass is 1170 g/mol. The van der Waals surface area contributed by atoms with Gasteiger partial charge in [0.15, 0.2) is 0 Å². The summed E-state index contributed by atoms with van der Waals surface area (Å²) < 4.78 is 5.20. The third-order valence-electron chi connectivity index (χ3n) is 15.4. The van der Waals surface area contributed by atoms with Gasteiger partial charge in [-0.2, -0.15) is 15.8 Å². The van der Waals surface area contributed by atoms with E-state index in [1.54, 1.807) is 22.8 Å². The van der Waals surface area contributed by atoms with Gasteiger partial charge in [-0.15, -0.1) is 32.9 Å². The van der Waals surface area contributed by atoms with E-state index in [-0.39, 0.29) is 22.7 Å². The molecular weight excluding hydrogens is 1110 g/mol. The topological polar surface area (TPSA) is 183 Å². The van der Waals surface area contributed by atoms with Gasteiger partial charge < -0.3 is 10.6 Å². The molecule has 12 rings (SSSR count). The van der Waals surface area contributed by atoms with Gasteiger partial charge in [-0.1, -0.05) is 52.0 Å². The van der Waals surface area contributed by atoms with Crippen molar-refractivity contribution in [3.8, 4) is 18.2 Å². The van der Waals surface area contributed by atoms with E-state index in [4.69, 9.17) is 5.10 Å². The lowest BCUT2D eigenvalue weighted by Gasteiger charge is -2.22. The Bertz CT molecular complexity index is 3630. The van der Waals surface area contributed by atoms with Gasteiger partial charge in [0, 0.05) is 73.8 Å². The summed E-state index contributed by atoms with van der Waals surface area (Å²) in [4.78, 5) is 12.3. The highest BCUT2D eigenvalue weighted by atomic mass is 127. The summed E-state index contributed by atoms with van der Waals surface area (Å²) in [5.41, 5.74) is 15.1. The maximum Gasteiger partial charge on any atom is 0.103 e. The van der Waals surface area contributed by atoms with E-state index in [0.29, 0.717) is 47.3 Å². The predicted octanol–water partition coefficient (Wildman–Crippen LogP) is 14.1. The van der Waals surface area contributed by atoms with Crippen LogP contribution in [0.15, 0.2) is 59.8 Å². The summed E-state index contributed by atoms with van der Waals surface area (Å²) in [5.74, 6) is 0.213. The lowest BCUT2D eigenvalue weighted by atomic mass is 9.84. The van der Waals surface area contributed by atoms with E-state index >= 15 is 0 Å². The van der Waals surface area contributed by atoms with Crippen LogP contribution in [0.3, 0.4) is 0 Å². The van der Waals surface area contributed by atoms with Crippen molar-refractivity contribution in [3.63, 3.8) is 0 Å². The highest BCUT2D eigenvalue weighted by molar-refractivity contribution is 14.1. The Morgan fingerprint density at radius 3 is 1.51 bits per heavy atom. The minimum Gasteiger partial charge on any atom is -0.383 e. The molecule has 16 heteroatoms. The van der Waals surface area contributed by atoms with Crippen molar-refractivity contribution >= 4 is 78.4 Å². The molecule has 8 aromatic rings. The SMILES string of the molecule is CC(C)(C)CNc1c(C#N)cnc2c(C#N)cc(C[C@H](c3cn(C4CC4)nn3)c3csc4c3CCCC4)cc12.CC(C)(C)CNc1c(C#N)cnc2c(I)cc(C[C@H](c3cn(C4CC4)nn3)c3csc4c3CCCC4)cc12. The van der Waals surface area contributed by atoms with Crippen molar-refractivity contribution in [2.24, 2.45) is 10.8 Å². The van der Waals surface area contributed by atoms with Crippen LogP contribution in [0.1, 0.15) is 188 Å². The van der Waals surface area contributed by atoms with E-state index in [9.17, 15) is 15.8 Å².